The first-order valence-electron chi connectivity index (χ1n) is 11.3. The molecular weight excluding hydrogens is 434 g/mol. The second-order valence-corrected chi connectivity index (χ2v) is 9.32. The summed E-state index contributed by atoms with van der Waals surface area (Å²) < 4.78 is 12.6. The monoisotopic (exact) mass is 467 g/mol. The maximum absolute atomic E-state index is 13.2. The first-order chi connectivity index (χ1) is 16.0. The van der Waals surface area contributed by atoms with E-state index in [1.165, 1.54) is 7.11 Å². The lowest BCUT2D eigenvalue weighted by atomic mass is 10.0. The van der Waals surface area contributed by atoms with E-state index in [1.54, 1.807) is 24.3 Å². The number of hydrogen-bond acceptors (Lipinski definition) is 6. The van der Waals surface area contributed by atoms with E-state index in [0.717, 1.165) is 5.69 Å². The number of pyridine rings is 1. The summed E-state index contributed by atoms with van der Waals surface area (Å²) in [4.78, 5) is 30.7. The van der Waals surface area contributed by atoms with Crippen LogP contribution in [-0.4, -0.2) is 40.3 Å². The molecule has 2 amide bonds. The molecule has 1 aromatic carbocycles. The summed E-state index contributed by atoms with van der Waals surface area (Å²) >= 11 is 0. The summed E-state index contributed by atoms with van der Waals surface area (Å²) in [5.41, 5.74) is 7.54. The first kappa shape index (κ1) is 25.0. The molecule has 0 unspecified atom stereocenters. The zero-order valence-electron chi connectivity index (χ0n) is 21.1. The Morgan fingerprint density at radius 2 is 1.76 bits per heavy atom. The van der Waals surface area contributed by atoms with Crippen molar-refractivity contribution < 1.29 is 19.1 Å². The number of nitrogens with one attached hydrogen (secondary N) is 2. The van der Waals surface area contributed by atoms with Gasteiger partial charge >= 0.3 is 0 Å². The second-order valence-electron chi connectivity index (χ2n) is 9.32. The van der Waals surface area contributed by atoms with Crippen LogP contribution >= 0.6 is 0 Å². The first-order valence-corrected chi connectivity index (χ1v) is 11.3. The zero-order chi connectivity index (χ0) is 25.2. The van der Waals surface area contributed by atoms with Crippen LogP contribution in [-0.2, 0) is 5.54 Å². The van der Waals surface area contributed by atoms with E-state index in [2.05, 4.69) is 16.0 Å². The molecule has 0 saturated heterocycles. The average molecular weight is 468 g/mol. The van der Waals surface area contributed by atoms with Crippen molar-refractivity contribution in [3.05, 3.63) is 46.8 Å². The topological polar surface area (TPSA) is 107 Å². The molecule has 2 N–H and O–H groups in total. The molecule has 0 aliphatic heterocycles. The van der Waals surface area contributed by atoms with Crippen LogP contribution in [0.5, 0.6) is 11.5 Å². The Labute approximate surface area is 199 Å². The number of carbonyl (C=O) groups excluding carboxylic acids is 2. The Morgan fingerprint density at radius 1 is 1.09 bits per heavy atom. The Bertz CT molecular complexity index is 1220. The molecule has 9 heteroatoms. The number of hydrazine groups is 1. The summed E-state index contributed by atoms with van der Waals surface area (Å²) in [6.45, 7) is 14.3. The number of methoxy groups -OCH3 is 1. The van der Waals surface area contributed by atoms with Gasteiger partial charge in [-0.3, -0.25) is 20.4 Å². The standard InChI is InChI=1S/C25H33N5O4/c1-9-34-19-11-10-16(12-20(19)33-8)23(31)27-28-24(32)17-13-18(14(2)3)26-22-21(17)15(4)29-30(22)25(5,6)7/h10-14H,9H2,1-8H3,(H,27,31)(H,28,32). The average Bonchev–Trinajstić information content (AvgIpc) is 3.14. The van der Waals surface area contributed by atoms with Gasteiger partial charge in [0.15, 0.2) is 17.1 Å². The highest BCUT2D eigenvalue weighted by Gasteiger charge is 2.25. The Morgan fingerprint density at radius 3 is 2.35 bits per heavy atom. The Balaban J connectivity index is 1.91. The summed E-state index contributed by atoms with van der Waals surface area (Å²) in [6, 6.07) is 6.58. The molecule has 2 heterocycles. The minimum absolute atomic E-state index is 0.102. The number of benzene rings is 1. The SMILES string of the molecule is CCOc1ccc(C(=O)NNC(=O)c2cc(C(C)C)nc3c2c(C)nn3C(C)(C)C)cc1OC. The molecule has 182 valence electrons. The lowest BCUT2D eigenvalue weighted by Crippen LogP contribution is -2.41. The van der Waals surface area contributed by atoms with E-state index in [9.17, 15) is 9.59 Å². The smallest absolute Gasteiger partial charge is 0.270 e. The van der Waals surface area contributed by atoms with Crippen molar-refractivity contribution in [2.45, 2.75) is 59.9 Å². The van der Waals surface area contributed by atoms with Gasteiger partial charge in [-0.2, -0.15) is 5.10 Å². The highest BCUT2D eigenvalue weighted by atomic mass is 16.5. The number of aromatic nitrogens is 3. The second kappa shape index (κ2) is 9.70. The number of fused-ring (bicyclic) bond motifs is 1. The molecule has 2 aromatic heterocycles. The molecule has 0 fully saturated rings. The molecule has 0 aliphatic carbocycles. The van der Waals surface area contributed by atoms with Crippen LogP contribution in [0.15, 0.2) is 24.3 Å². The molecule has 0 atom stereocenters. The molecule has 34 heavy (non-hydrogen) atoms. The van der Waals surface area contributed by atoms with Crippen LogP contribution in [0.1, 0.15) is 79.6 Å². The van der Waals surface area contributed by atoms with Crippen molar-refractivity contribution in [1.29, 1.82) is 0 Å². The maximum Gasteiger partial charge on any atom is 0.270 e. The number of amides is 2. The van der Waals surface area contributed by atoms with Crippen molar-refractivity contribution in [1.82, 2.24) is 25.6 Å². The fraction of sp³-hybridized carbons (Fsp3) is 0.440. The fourth-order valence-electron chi connectivity index (χ4n) is 3.59. The normalized spacial score (nSPS) is 11.6. The minimum atomic E-state index is -0.480. The van der Waals surface area contributed by atoms with Gasteiger partial charge in [0.05, 0.1) is 35.9 Å². The third kappa shape index (κ3) is 4.98. The third-order valence-corrected chi connectivity index (χ3v) is 5.32. The van der Waals surface area contributed by atoms with Crippen LogP contribution in [0.25, 0.3) is 11.0 Å². The van der Waals surface area contributed by atoms with Gasteiger partial charge in [0.1, 0.15) is 0 Å². The summed E-state index contributed by atoms with van der Waals surface area (Å²) in [7, 11) is 1.50. The highest BCUT2D eigenvalue weighted by molar-refractivity contribution is 6.07. The van der Waals surface area contributed by atoms with E-state index < -0.39 is 11.8 Å². The Kier molecular flexibility index (Phi) is 7.14. The van der Waals surface area contributed by atoms with Crippen molar-refractivity contribution in [3.8, 4) is 11.5 Å². The van der Waals surface area contributed by atoms with Gasteiger partial charge in [-0.05, 0) is 64.8 Å². The fourth-order valence-corrected chi connectivity index (χ4v) is 3.59. The van der Waals surface area contributed by atoms with Gasteiger partial charge in [0.25, 0.3) is 11.8 Å². The molecule has 0 radical (unpaired) electrons. The number of aryl methyl sites for hydroxylation is 1. The van der Waals surface area contributed by atoms with Gasteiger partial charge in [-0.25, -0.2) is 9.67 Å². The minimum Gasteiger partial charge on any atom is -0.493 e. The molecule has 0 saturated carbocycles. The van der Waals surface area contributed by atoms with Crippen molar-refractivity contribution in [3.63, 3.8) is 0 Å². The van der Waals surface area contributed by atoms with E-state index in [0.29, 0.717) is 46.0 Å². The number of hydrogen-bond donors (Lipinski definition) is 2. The van der Waals surface area contributed by atoms with Gasteiger partial charge in [0.2, 0.25) is 0 Å². The van der Waals surface area contributed by atoms with Crippen molar-refractivity contribution in [2.75, 3.05) is 13.7 Å². The predicted octanol–water partition coefficient (Wildman–Crippen LogP) is 4.10. The van der Waals surface area contributed by atoms with Crippen LogP contribution in [0.4, 0.5) is 0 Å². The van der Waals surface area contributed by atoms with Gasteiger partial charge in [-0.15, -0.1) is 0 Å². The van der Waals surface area contributed by atoms with Crippen molar-refractivity contribution in [2.24, 2.45) is 0 Å². The van der Waals surface area contributed by atoms with Crippen LogP contribution in [0.3, 0.4) is 0 Å². The molecule has 3 rings (SSSR count). The Hall–Kier alpha value is -3.62. The molecule has 3 aromatic rings. The zero-order valence-corrected chi connectivity index (χ0v) is 21.1. The van der Waals surface area contributed by atoms with Gasteiger partial charge in [0, 0.05) is 11.3 Å². The number of carbonyl (C=O) groups is 2. The molecular formula is C25H33N5O4. The largest absolute Gasteiger partial charge is 0.493 e. The van der Waals surface area contributed by atoms with E-state index in [4.69, 9.17) is 14.5 Å². The predicted molar refractivity (Wildman–Crippen MR) is 130 cm³/mol. The maximum atomic E-state index is 13.2. The van der Waals surface area contributed by atoms with E-state index in [1.807, 2.05) is 53.1 Å². The van der Waals surface area contributed by atoms with Crippen LogP contribution in [0.2, 0.25) is 0 Å². The van der Waals surface area contributed by atoms with Gasteiger partial charge < -0.3 is 9.47 Å². The number of nitrogens with zero attached hydrogens (tertiary/aromatic N) is 3. The quantitative estimate of drug-likeness (QED) is 0.529. The lowest BCUT2D eigenvalue weighted by molar-refractivity contribution is 0.0847. The molecule has 9 nitrogen and oxygen atoms in total. The summed E-state index contributed by atoms with van der Waals surface area (Å²) in [5, 5.41) is 5.31. The molecule has 0 bridgehead atoms. The van der Waals surface area contributed by atoms with E-state index >= 15 is 0 Å². The lowest BCUT2D eigenvalue weighted by Gasteiger charge is -2.20. The third-order valence-electron chi connectivity index (χ3n) is 5.32. The molecule has 0 aliphatic rings. The summed E-state index contributed by atoms with van der Waals surface area (Å²) in [6.07, 6.45) is 0. The van der Waals surface area contributed by atoms with Crippen LogP contribution < -0.4 is 20.3 Å². The summed E-state index contributed by atoms with van der Waals surface area (Å²) in [5.74, 6) is 0.148. The van der Waals surface area contributed by atoms with Crippen LogP contribution in [0, 0.1) is 6.92 Å². The number of rotatable bonds is 6. The van der Waals surface area contributed by atoms with Crippen molar-refractivity contribution >= 4 is 22.8 Å². The van der Waals surface area contributed by atoms with E-state index in [-0.39, 0.29) is 11.5 Å². The number of ether oxygens (including phenoxy) is 2. The van der Waals surface area contributed by atoms with Gasteiger partial charge in [-0.1, -0.05) is 13.8 Å². The molecule has 0 spiro atoms. The highest BCUT2D eigenvalue weighted by Crippen LogP contribution is 2.29.